The van der Waals surface area contributed by atoms with Crippen LogP contribution < -0.4 is 4.74 Å². The van der Waals surface area contributed by atoms with E-state index in [1.807, 2.05) is 18.3 Å². The van der Waals surface area contributed by atoms with Crippen LogP contribution in [0.2, 0.25) is 0 Å². The number of aromatic carboxylic acids is 1. The zero-order chi connectivity index (χ0) is 18.1. The molecule has 134 valence electrons. The normalized spacial score (nSPS) is 20.5. The summed E-state index contributed by atoms with van der Waals surface area (Å²) in [6.07, 6.45) is 1.01. The fourth-order valence-electron chi connectivity index (χ4n) is 3.46. The number of nitrogens with one attached hydrogen (secondary N) is 1. The van der Waals surface area contributed by atoms with Crippen LogP contribution >= 0.6 is 0 Å². The van der Waals surface area contributed by atoms with E-state index in [1.54, 1.807) is 12.1 Å². The number of hydrogen-bond donors (Lipinski definition) is 3. The number of hydrogen-bond acceptors (Lipinski definition) is 4. The summed E-state index contributed by atoms with van der Waals surface area (Å²) < 4.78 is 5.87. The van der Waals surface area contributed by atoms with Gasteiger partial charge in [0, 0.05) is 36.7 Å². The van der Waals surface area contributed by atoms with Gasteiger partial charge < -0.3 is 19.9 Å². The second kappa shape index (κ2) is 6.82. The Kier molecular flexibility index (Phi) is 4.36. The lowest BCUT2D eigenvalue weighted by Gasteiger charge is -2.17. The Morgan fingerprint density at radius 3 is 2.73 bits per heavy atom. The van der Waals surface area contributed by atoms with Gasteiger partial charge in [-0.2, -0.15) is 0 Å². The van der Waals surface area contributed by atoms with E-state index < -0.39 is 12.1 Å². The minimum absolute atomic E-state index is 0.213. The molecule has 2 heterocycles. The number of ether oxygens (including phenoxy) is 1. The van der Waals surface area contributed by atoms with Gasteiger partial charge in [-0.3, -0.25) is 4.90 Å². The van der Waals surface area contributed by atoms with Crippen molar-refractivity contribution in [3.63, 3.8) is 0 Å². The molecule has 0 bridgehead atoms. The molecule has 1 fully saturated rings. The maximum Gasteiger partial charge on any atom is 0.335 e. The molecule has 3 N–H and O–H groups in total. The summed E-state index contributed by atoms with van der Waals surface area (Å²) in [4.78, 5) is 16.3. The van der Waals surface area contributed by atoms with Crippen molar-refractivity contribution in [1.82, 2.24) is 9.88 Å². The van der Waals surface area contributed by atoms with E-state index in [-0.39, 0.29) is 11.7 Å². The largest absolute Gasteiger partial charge is 0.486 e. The molecule has 2 atom stereocenters. The number of aromatic nitrogens is 1. The van der Waals surface area contributed by atoms with Gasteiger partial charge in [-0.05, 0) is 42.0 Å². The molecule has 2 aromatic carbocycles. The first-order valence-electron chi connectivity index (χ1n) is 8.55. The van der Waals surface area contributed by atoms with Crippen LogP contribution in [0.15, 0.2) is 54.7 Å². The Labute approximate surface area is 150 Å². The Morgan fingerprint density at radius 1 is 1.15 bits per heavy atom. The molecule has 3 aromatic rings. The molecular weight excluding hydrogens is 332 g/mol. The topological polar surface area (TPSA) is 85.8 Å². The smallest absolute Gasteiger partial charge is 0.335 e. The predicted octanol–water partition coefficient (Wildman–Crippen LogP) is 2.49. The summed E-state index contributed by atoms with van der Waals surface area (Å²) in [5.41, 5.74) is 2.53. The maximum atomic E-state index is 10.9. The van der Waals surface area contributed by atoms with E-state index in [0.29, 0.717) is 18.8 Å². The number of H-pyrrole nitrogens is 1. The Balaban J connectivity index is 1.42. The summed E-state index contributed by atoms with van der Waals surface area (Å²) in [5.74, 6) is -0.406. The van der Waals surface area contributed by atoms with Crippen molar-refractivity contribution in [2.75, 3.05) is 13.1 Å². The fraction of sp³-hybridized carbons (Fsp3) is 0.250. The van der Waals surface area contributed by atoms with Crippen LogP contribution in [0, 0.1) is 0 Å². The molecule has 4 rings (SSSR count). The standard InChI is InChI=1S/C20H20N2O4/c23-18-11-22(10-14-2-1-3-17-16(14)8-9-21-17)12-19(18)26-15-6-4-13(5-7-15)20(24)25/h1-9,18-19,21,23H,10-12H2,(H,24,25)/t18-,19-/m1/s1. The molecular formula is C20H20N2O4. The molecule has 0 radical (unpaired) electrons. The summed E-state index contributed by atoms with van der Waals surface area (Å²) >= 11 is 0. The quantitative estimate of drug-likeness (QED) is 0.657. The fourth-order valence-corrected chi connectivity index (χ4v) is 3.46. The summed E-state index contributed by atoms with van der Waals surface area (Å²) in [6, 6.07) is 14.5. The van der Waals surface area contributed by atoms with Crippen molar-refractivity contribution < 1.29 is 19.7 Å². The lowest BCUT2D eigenvalue weighted by molar-refractivity contribution is 0.0693. The van der Waals surface area contributed by atoms with Gasteiger partial charge in [-0.25, -0.2) is 4.79 Å². The Morgan fingerprint density at radius 2 is 1.96 bits per heavy atom. The lowest BCUT2D eigenvalue weighted by atomic mass is 10.1. The zero-order valence-corrected chi connectivity index (χ0v) is 14.1. The first-order valence-corrected chi connectivity index (χ1v) is 8.55. The van der Waals surface area contributed by atoms with E-state index in [2.05, 4.69) is 22.0 Å². The number of carbonyl (C=O) groups is 1. The van der Waals surface area contributed by atoms with Gasteiger partial charge in [-0.15, -0.1) is 0 Å². The number of rotatable bonds is 5. The molecule has 0 amide bonds. The van der Waals surface area contributed by atoms with E-state index in [1.165, 1.54) is 23.1 Å². The highest BCUT2D eigenvalue weighted by Gasteiger charge is 2.33. The number of carboxylic acid groups (broad SMARTS) is 1. The average Bonchev–Trinajstić information content (AvgIpc) is 3.23. The van der Waals surface area contributed by atoms with Crippen LogP contribution in [0.5, 0.6) is 5.75 Å². The molecule has 1 aliphatic rings. The minimum atomic E-state index is -0.970. The second-order valence-electron chi connectivity index (χ2n) is 6.60. The summed E-state index contributed by atoms with van der Waals surface area (Å²) in [5, 5.41) is 20.5. The zero-order valence-electron chi connectivity index (χ0n) is 14.1. The highest BCUT2D eigenvalue weighted by molar-refractivity contribution is 5.87. The molecule has 0 spiro atoms. The highest BCUT2D eigenvalue weighted by Crippen LogP contribution is 2.24. The van der Waals surface area contributed by atoms with Crippen LogP contribution in [0.25, 0.3) is 10.9 Å². The minimum Gasteiger partial charge on any atom is -0.486 e. The SMILES string of the molecule is O=C(O)c1ccc(O[C@@H]2CN(Cc3cccc4[nH]ccc34)C[C@H]2O)cc1. The monoisotopic (exact) mass is 352 g/mol. The third kappa shape index (κ3) is 3.29. The molecule has 26 heavy (non-hydrogen) atoms. The Bertz CT molecular complexity index is 919. The molecule has 0 aliphatic carbocycles. The van der Waals surface area contributed by atoms with E-state index in [4.69, 9.17) is 9.84 Å². The van der Waals surface area contributed by atoms with Crippen LogP contribution in [0.1, 0.15) is 15.9 Å². The van der Waals surface area contributed by atoms with Crippen molar-refractivity contribution in [3.05, 3.63) is 65.9 Å². The molecule has 1 aromatic heterocycles. The first-order chi connectivity index (χ1) is 12.6. The molecule has 6 nitrogen and oxygen atoms in total. The van der Waals surface area contributed by atoms with Crippen molar-refractivity contribution in [1.29, 1.82) is 0 Å². The van der Waals surface area contributed by atoms with Gasteiger partial charge in [-0.1, -0.05) is 12.1 Å². The number of carboxylic acids is 1. The van der Waals surface area contributed by atoms with Gasteiger partial charge in [0.05, 0.1) is 5.56 Å². The van der Waals surface area contributed by atoms with Crippen LogP contribution in [-0.2, 0) is 6.54 Å². The maximum absolute atomic E-state index is 10.9. The van der Waals surface area contributed by atoms with Crippen molar-refractivity contribution in [2.24, 2.45) is 0 Å². The highest BCUT2D eigenvalue weighted by atomic mass is 16.5. The van der Waals surface area contributed by atoms with Crippen LogP contribution in [0.4, 0.5) is 0 Å². The number of β-amino-alcohol motifs (C(OH)–C–C–N with tert-alkyl or cyclic N) is 1. The first kappa shape index (κ1) is 16.6. The average molecular weight is 352 g/mol. The van der Waals surface area contributed by atoms with Crippen molar-refractivity contribution in [3.8, 4) is 5.75 Å². The molecule has 1 aliphatic heterocycles. The Hall–Kier alpha value is -2.83. The van der Waals surface area contributed by atoms with Gasteiger partial charge in [0.2, 0.25) is 0 Å². The van der Waals surface area contributed by atoms with E-state index >= 15 is 0 Å². The second-order valence-corrected chi connectivity index (χ2v) is 6.60. The van der Waals surface area contributed by atoms with Gasteiger partial charge in [0.25, 0.3) is 0 Å². The third-order valence-electron chi connectivity index (χ3n) is 4.78. The number of benzene rings is 2. The van der Waals surface area contributed by atoms with E-state index in [9.17, 15) is 9.90 Å². The van der Waals surface area contributed by atoms with Gasteiger partial charge in [0.1, 0.15) is 18.0 Å². The van der Waals surface area contributed by atoms with E-state index in [0.717, 1.165) is 12.1 Å². The number of aliphatic hydroxyl groups is 1. The predicted molar refractivity (Wildman–Crippen MR) is 97.4 cm³/mol. The summed E-state index contributed by atoms with van der Waals surface area (Å²) in [7, 11) is 0. The number of fused-ring (bicyclic) bond motifs is 1. The number of likely N-dealkylation sites (tertiary alicyclic amines) is 1. The molecule has 0 saturated carbocycles. The van der Waals surface area contributed by atoms with Gasteiger partial charge in [0.15, 0.2) is 0 Å². The van der Waals surface area contributed by atoms with Crippen molar-refractivity contribution in [2.45, 2.75) is 18.8 Å². The molecule has 6 heteroatoms. The number of aliphatic hydroxyl groups excluding tert-OH is 1. The molecule has 0 unspecified atom stereocenters. The van der Waals surface area contributed by atoms with Gasteiger partial charge >= 0.3 is 5.97 Å². The van der Waals surface area contributed by atoms with Crippen molar-refractivity contribution >= 4 is 16.9 Å². The third-order valence-corrected chi connectivity index (χ3v) is 4.78. The van der Waals surface area contributed by atoms with Crippen LogP contribution in [0.3, 0.4) is 0 Å². The van der Waals surface area contributed by atoms with Crippen LogP contribution in [-0.4, -0.2) is 51.4 Å². The number of nitrogens with zero attached hydrogens (tertiary/aromatic N) is 1. The lowest BCUT2D eigenvalue weighted by Crippen LogP contribution is -2.29. The summed E-state index contributed by atoms with van der Waals surface area (Å²) in [6.45, 7) is 1.89. The number of aromatic amines is 1. The molecule has 1 saturated heterocycles.